The molecular formula is C17H19Br2NO. The zero-order valence-electron chi connectivity index (χ0n) is 12.2. The average Bonchev–Trinajstić information content (AvgIpc) is 2.48. The van der Waals surface area contributed by atoms with Crippen molar-refractivity contribution in [1.82, 2.24) is 5.32 Å². The number of rotatable bonds is 6. The van der Waals surface area contributed by atoms with Gasteiger partial charge in [0.1, 0.15) is 11.5 Å². The molecule has 2 aromatic rings. The first kappa shape index (κ1) is 16.5. The summed E-state index contributed by atoms with van der Waals surface area (Å²) in [5.74, 6) is 1.70. The number of hydrogen-bond donors (Lipinski definition) is 1. The van der Waals surface area contributed by atoms with Crippen LogP contribution in [0, 0.1) is 0 Å². The molecule has 0 bridgehead atoms. The lowest BCUT2D eigenvalue weighted by Gasteiger charge is -2.18. The van der Waals surface area contributed by atoms with Crippen molar-refractivity contribution in [2.24, 2.45) is 0 Å². The van der Waals surface area contributed by atoms with Gasteiger partial charge < -0.3 is 10.1 Å². The molecule has 1 unspecified atom stereocenters. The first-order chi connectivity index (χ1) is 10.1. The highest BCUT2D eigenvalue weighted by Gasteiger charge is 2.12. The van der Waals surface area contributed by atoms with Crippen molar-refractivity contribution >= 4 is 31.9 Å². The molecule has 0 saturated heterocycles. The minimum absolute atomic E-state index is 0.260. The maximum Gasteiger partial charge on any atom is 0.141 e. The van der Waals surface area contributed by atoms with Gasteiger partial charge in [0.15, 0.2) is 0 Å². The largest absolute Gasteiger partial charge is 0.456 e. The molecule has 4 heteroatoms. The van der Waals surface area contributed by atoms with Gasteiger partial charge in [-0.05, 0) is 60.1 Å². The Bertz CT molecular complexity index is 601. The lowest BCUT2D eigenvalue weighted by molar-refractivity contribution is 0.458. The number of nitrogens with one attached hydrogen (secondary N) is 1. The molecule has 0 amide bonds. The molecule has 0 spiro atoms. The van der Waals surface area contributed by atoms with Gasteiger partial charge in [0.2, 0.25) is 0 Å². The zero-order chi connectivity index (χ0) is 15.2. The van der Waals surface area contributed by atoms with Crippen LogP contribution in [0.25, 0.3) is 0 Å². The summed E-state index contributed by atoms with van der Waals surface area (Å²) >= 11 is 6.99. The minimum Gasteiger partial charge on any atom is -0.456 e. The van der Waals surface area contributed by atoms with E-state index in [1.54, 1.807) is 0 Å². The first-order valence-corrected chi connectivity index (χ1v) is 8.65. The topological polar surface area (TPSA) is 21.3 Å². The smallest absolute Gasteiger partial charge is 0.141 e. The maximum absolute atomic E-state index is 6.09. The molecule has 0 fully saturated rings. The molecule has 2 rings (SSSR count). The van der Waals surface area contributed by atoms with Gasteiger partial charge >= 0.3 is 0 Å². The summed E-state index contributed by atoms with van der Waals surface area (Å²) in [4.78, 5) is 0. The summed E-state index contributed by atoms with van der Waals surface area (Å²) in [5, 5.41) is 3.50. The summed E-state index contributed by atoms with van der Waals surface area (Å²) in [6.07, 6.45) is 1.12. The van der Waals surface area contributed by atoms with E-state index in [0.29, 0.717) is 0 Å². The fourth-order valence-corrected chi connectivity index (χ4v) is 3.21. The maximum atomic E-state index is 6.09. The Morgan fingerprint density at radius 2 is 1.86 bits per heavy atom. The Morgan fingerprint density at radius 1 is 1.10 bits per heavy atom. The highest BCUT2D eigenvalue weighted by molar-refractivity contribution is 9.11. The Hall–Kier alpha value is -0.840. The Balaban J connectivity index is 2.23. The third kappa shape index (κ3) is 4.56. The van der Waals surface area contributed by atoms with Crippen LogP contribution in [0.1, 0.15) is 31.9 Å². The van der Waals surface area contributed by atoms with Crippen LogP contribution in [0.15, 0.2) is 51.4 Å². The Morgan fingerprint density at radius 3 is 2.57 bits per heavy atom. The molecule has 0 heterocycles. The normalized spacial score (nSPS) is 12.2. The van der Waals surface area contributed by atoms with Gasteiger partial charge in [-0.15, -0.1) is 0 Å². The molecule has 21 heavy (non-hydrogen) atoms. The molecule has 0 saturated carbocycles. The van der Waals surface area contributed by atoms with Crippen molar-refractivity contribution in [2.75, 3.05) is 6.54 Å². The van der Waals surface area contributed by atoms with Crippen LogP contribution in [0.5, 0.6) is 11.5 Å². The SMILES string of the molecule is CCCNC(C)c1ccccc1Oc1ccc(Br)cc1Br. The molecule has 0 aliphatic carbocycles. The number of benzene rings is 2. The standard InChI is InChI=1S/C17H19Br2NO/c1-3-10-20-12(2)14-6-4-5-7-16(14)21-17-9-8-13(18)11-15(17)19/h4-9,11-12,20H,3,10H2,1-2H3. The van der Waals surface area contributed by atoms with Gasteiger partial charge in [-0.3, -0.25) is 0 Å². The second-order valence-electron chi connectivity index (χ2n) is 4.89. The van der Waals surface area contributed by atoms with Crippen molar-refractivity contribution in [1.29, 1.82) is 0 Å². The second-order valence-corrected chi connectivity index (χ2v) is 6.66. The van der Waals surface area contributed by atoms with Gasteiger partial charge in [0, 0.05) is 16.1 Å². The molecule has 0 radical (unpaired) electrons. The number of ether oxygens (including phenoxy) is 1. The summed E-state index contributed by atoms with van der Waals surface area (Å²) in [7, 11) is 0. The molecule has 1 atom stereocenters. The van der Waals surface area contributed by atoms with Gasteiger partial charge in [-0.1, -0.05) is 41.1 Å². The van der Waals surface area contributed by atoms with E-state index in [9.17, 15) is 0 Å². The lowest BCUT2D eigenvalue weighted by atomic mass is 10.1. The highest BCUT2D eigenvalue weighted by Crippen LogP contribution is 2.35. The van der Waals surface area contributed by atoms with Crippen molar-refractivity contribution in [2.45, 2.75) is 26.3 Å². The Kier molecular flexibility index (Phi) is 6.27. The molecule has 0 aliphatic rings. The van der Waals surface area contributed by atoms with Crippen LogP contribution in [0.4, 0.5) is 0 Å². The van der Waals surface area contributed by atoms with Crippen molar-refractivity contribution in [3.05, 3.63) is 57.0 Å². The summed E-state index contributed by atoms with van der Waals surface area (Å²) in [6.45, 7) is 5.33. The summed E-state index contributed by atoms with van der Waals surface area (Å²) in [5.41, 5.74) is 1.17. The van der Waals surface area contributed by atoms with E-state index in [4.69, 9.17) is 4.74 Å². The zero-order valence-corrected chi connectivity index (χ0v) is 15.4. The van der Waals surface area contributed by atoms with E-state index in [2.05, 4.69) is 57.1 Å². The van der Waals surface area contributed by atoms with E-state index in [1.807, 2.05) is 36.4 Å². The quantitative estimate of drug-likeness (QED) is 0.622. The molecule has 112 valence electrons. The molecular weight excluding hydrogens is 394 g/mol. The van der Waals surface area contributed by atoms with Crippen molar-refractivity contribution < 1.29 is 4.74 Å². The Labute approximate surface area is 143 Å². The van der Waals surface area contributed by atoms with Crippen LogP contribution in [-0.2, 0) is 0 Å². The fourth-order valence-electron chi connectivity index (χ4n) is 2.08. The molecule has 2 aromatic carbocycles. The number of hydrogen-bond acceptors (Lipinski definition) is 2. The monoisotopic (exact) mass is 411 g/mol. The average molecular weight is 413 g/mol. The first-order valence-electron chi connectivity index (χ1n) is 7.07. The van der Waals surface area contributed by atoms with E-state index in [-0.39, 0.29) is 6.04 Å². The summed E-state index contributed by atoms with van der Waals surface area (Å²) in [6, 6.07) is 14.3. The fraction of sp³-hybridized carbons (Fsp3) is 0.294. The minimum atomic E-state index is 0.260. The number of halogens is 2. The van der Waals surface area contributed by atoms with Crippen LogP contribution >= 0.6 is 31.9 Å². The van der Waals surface area contributed by atoms with Crippen molar-refractivity contribution in [3.8, 4) is 11.5 Å². The van der Waals surface area contributed by atoms with Crippen molar-refractivity contribution in [3.63, 3.8) is 0 Å². The highest BCUT2D eigenvalue weighted by atomic mass is 79.9. The molecule has 0 aromatic heterocycles. The van der Waals surface area contributed by atoms with Gasteiger partial charge in [-0.2, -0.15) is 0 Å². The predicted octanol–water partition coefficient (Wildman–Crippen LogP) is 6.06. The van der Waals surface area contributed by atoms with Crippen LogP contribution in [0.2, 0.25) is 0 Å². The van der Waals surface area contributed by atoms with Gasteiger partial charge in [-0.25, -0.2) is 0 Å². The number of para-hydroxylation sites is 1. The third-order valence-corrected chi connectivity index (χ3v) is 4.31. The van der Waals surface area contributed by atoms with Crippen LogP contribution in [0.3, 0.4) is 0 Å². The van der Waals surface area contributed by atoms with E-state index >= 15 is 0 Å². The molecule has 1 N–H and O–H groups in total. The van der Waals surface area contributed by atoms with Crippen LogP contribution in [-0.4, -0.2) is 6.54 Å². The predicted molar refractivity (Wildman–Crippen MR) is 95.1 cm³/mol. The van der Waals surface area contributed by atoms with E-state index < -0.39 is 0 Å². The van der Waals surface area contributed by atoms with Crippen LogP contribution < -0.4 is 10.1 Å². The van der Waals surface area contributed by atoms with E-state index in [1.165, 1.54) is 5.56 Å². The summed E-state index contributed by atoms with van der Waals surface area (Å²) < 4.78 is 8.04. The van der Waals surface area contributed by atoms with Gasteiger partial charge in [0.25, 0.3) is 0 Å². The van der Waals surface area contributed by atoms with Gasteiger partial charge in [0.05, 0.1) is 4.47 Å². The lowest BCUT2D eigenvalue weighted by Crippen LogP contribution is -2.19. The second kappa shape index (κ2) is 7.97. The molecule has 2 nitrogen and oxygen atoms in total. The molecule has 0 aliphatic heterocycles. The third-order valence-electron chi connectivity index (χ3n) is 3.20. The van der Waals surface area contributed by atoms with E-state index in [0.717, 1.165) is 33.4 Å².